The summed E-state index contributed by atoms with van der Waals surface area (Å²) >= 11 is 0. The van der Waals surface area contributed by atoms with Crippen molar-refractivity contribution in [3.8, 4) is 5.75 Å². The van der Waals surface area contributed by atoms with E-state index in [2.05, 4.69) is 5.32 Å². The lowest BCUT2D eigenvalue weighted by Gasteiger charge is -2.32. The maximum atomic E-state index is 13.0. The minimum absolute atomic E-state index is 0.107. The van der Waals surface area contributed by atoms with Crippen molar-refractivity contribution in [1.82, 2.24) is 19.8 Å². The van der Waals surface area contributed by atoms with Crippen LogP contribution in [0.1, 0.15) is 18.7 Å². The van der Waals surface area contributed by atoms with Crippen molar-refractivity contribution in [2.45, 2.75) is 32.0 Å². The Hall–Kier alpha value is -2.86. The molecule has 1 saturated heterocycles. The van der Waals surface area contributed by atoms with Crippen LogP contribution < -0.4 is 10.1 Å². The maximum absolute atomic E-state index is 13.0. The van der Waals surface area contributed by atoms with Crippen molar-refractivity contribution in [1.29, 1.82) is 0 Å². The van der Waals surface area contributed by atoms with E-state index in [1.54, 1.807) is 0 Å². The average molecular weight is 378 g/mol. The van der Waals surface area contributed by atoms with E-state index >= 15 is 0 Å². The maximum Gasteiger partial charge on any atom is 0.242 e. The molecule has 1 aliphatic heterocycles. The summed E-state index contributed by atoms with van der Waals surface area (Å²) in [6.45, 7) is 2.52. The Morgan fingerprint density at radius 3 is 2.64 bits per heavy atom. The highest BCUT2D eigenvalue weighted by Gasteiger charge is 2.23. The number of hydrogen-bond acceptors (Lipinski definition) is 4. The number of piperidine rings is 1. The van der Waals surface area contributed by atoms with Gasteiger partial charge in [0.15, 0.2) is 0 Å². The summed E-state index contributed by atoms with van der Waals surface area (Å²) in [7, 11) is 1.91. The second-order valence-electron chi connectivity index (χ2n) is 7.19. The number of hydrogen-bond donors (Lipinski definition) is 1. The highest BCUT2D eigenvalue weighted by molar-refractivity contribution is 5.81. The van der Waals surface area contributed by atoms with Crippen LogP contribution in [0.3, 0.4) is 0 Å². The Bertz CT molecular complexity index is 932. The molecular weight excluding hydrogens is 352 g/mol. The molecular formula is C22H26N4O2. The van der Waals surface area contributed by atoms with Crippen molar-refractivity contribution in [2.24, 2.45) is 0 Å². The van der Waals surface area contributed by atoms with Gasteiger partial charge in [0, 0.05) is 13.1 Å². The van der Waals surface area contributed by atoms with Crippen LogP contribution in [0.2, 0.25) is 0 Å². The van der Waals surface area contributed by atoms with Gasteiger partial charge in [-0.1, -0.05) is 30.3 Å². The van der Waals surface area contributed by atoms with E-state index in [-0.39, 0.29) is 12.5 Å². The smallest absolute Gasteiger partial charge is 0.242 e. The summed E-state index contributed by atoms with van der Waals surface area (Å²) in [6, 6.07) is 17.9. The van der Waals surface area contributed by atoms with Gasteiger partial charge in [-0.2, -0.15) is 0 Å². The largest absolute Gasteiger partial charge is 0.486 e. The quantitative estimate of drug-likeness (QED) is 0.717. The number of fused-ring (bicyclic) bond motifs is 1. The summed E-state index contributed by atoms with van der Waals surface area (Å²) in [5.41, 5.74) is 1.84. The molecule has 28 heavy (non-hydrogen) atoms. The Morgan fingerprint density at radius 1 is 1.14 bits per heavy atom. The molecule has 4 rings (SSSR count). The molecule has 2 aromatic carbocycles. The monoisotopic (exact) mass is 378 g/mol. The standard InChI is InChI=1S/C22H26N4O2/c1-25(17-11-13-23-14-12-17)22(27)15-26-20-10-6-5-9-19(20)24-21(26)16-28-18-7-3-2-4-8-18/h2-10,17,23H,11-16H2,1H3. The molecule has 6 heteroatoms. The van der Waals surface area contributed by atoms with Crippen LogP contribution in [-0.2, 0) is 17.9 Å². The number of ether oxygens (including phenoxy) is 1. The fourth-order valence-electron chi connectivity index (χ4n) is 3.72. The first-order valence-electron chi connectivity index (χ1n) is 9.81. The van der Waals surface area contributed by atoms with Crippen molar-refractivity contribution < 1.29 is 9.53 Å². The van der Waals surface area contributed by atoms with Gasteiger partial charge in [-0.15, -0.1) is 0 Å². The van der Waals surface area contributed by atoms with Gasteiger partial charge in [0.25, 0.3) is 0 Å². The molecule has 0 bridgehead atoms. The summed E-state index contributed by atoms with van der Waals surface area (Å²) < 4.78 is 7.89. The van der Waals surface area contributed by atoms with E-state index in [4.69, 9.17) is 9.72 Å². The first kappa shape index (κ1) is 18.5. The summed E-state index contributed by atoms with van der Waals surface area (Å²) in [5.74, 6) is 1.66. The third-order valence-electron chi connectivity index (χ3n) is 5.39. The molecule has 2 heterocycles. The molecule has 0 aliphatic carbocycles. The van der Waals surface area contributed by atoms with Gasteiger partial charge in [0.1, 0.15) is 24.7 Å². The molecule has 0 spiro atoms. The third-order valence-corrected chi connectivity index (χ3v) is 5.39. The number of carbonyl (C=O) groups excluding carboxylic acids is 1. The normalized spacial score (nSPS) is 14.9. The lowest BCUT2D eigenvalue weighted by Crippen LogP contribution is -2.45. The number of aromatic nitrogens is 2. The summed E-state index contributed by atoms with van der Waals surface area (Å²) in [4.78, 5) is 19.6. The fraction of sp³-hybridized carbons (Fsp3) is 0.364. The molecule has 6 nitrogen and oxygen atoms in total. The molecule has 0 unspecified atom stereocenters. The highest BCUT2D eigenvalue weighted by atomic mass is 16.5. The zero-order valence-electron chi connectivity index (χ0n) is 16.2. The van der Waals surface area contributed by atoms with Gasteiger partial charge < -0.3 is 19.5 Å². The van der Waals surface area contributed by atoms with Crippen molar-refractivity contribution in [3.05, 3.63) is 60.4 Å². The predicted octanol–water partition coefficient (Wildman–Crippen LogP) is 2.83. The predicted molar refractivity (Wildman–Crippen MR) is 109 cm³/mol. The number of likely N-dealkylation sites (N-methyl/N-ethyl adjacent to an activating group) is 1. The number of carbonyl (C=O) groups is 1. The lowest BCUT2D eigenvalue weighted by molar-refractivity contribution is -0.133. The Morgan fingerprint density at radius 2 is 1.86 bits per heavy atom. The van der Waals surface area contributed by atoms with Gasteiger partial charge in [0.2, 0.25) is 5.91 Å². The van der Waals surface area contributed by atoms with E-state index in [1.807, 2.05) is 71.1 Å². The number of para-hydroxylation sites is 3. The van der Waals surface area contributed by atoms with Gasteiger partial charge in [-0.25, -0.2) is 4.98 Å². The second kappa shape index (κ2) is 8.44. The molecule has 1 amide bonds. The van der Waals surface area contributed by atoms with Gasteiger partial charge in [-0.05, 0) is 50.2 Å². The third kappa shape index (κ3) is 4.02. The number of imidazole rings is 1. The number of amides is 1. The zero-order valence-corrected chi connectivity index (χ0v) is 16.2. The van der Waals surface area contributed by atoms with E-state index in [9.17, 15) is 4.79 Å². The minimum Gasteiger partial charge on any atom is -0.486 e. The SMILES string of the molecule is CN(C(=O)Cn1c(COc2ccccc2)nc2ccccc21)C1CCNCC1. The van der Waals surface area contributed by atoms with Gasteiger partial charge in [0.05, 0.1) is 11.0 Å². The molecule has 1 aliphatic rings. The lowest BCUT2D eigenvalue weighted by atomic mass is 10.1. The average Bonchev–Trinajstić information content (AvgIpc) is 3.10. The van der Waals surface area contributed by atoms with E-state index in [1.165, 1.54) is 0 Å². The van der Waals surface area contributed by atoms with Crippen LogP contribution in [0, 0.1) is 0 Å². The topological polar surface area (TPSA) is 59.4 Å². The van der Waals surface area contributed by atoms with Gasteiger partial charge in [-0.3, -0.25) is 4.79 Å². The van der Waals surface area contributed by atoms with Crippen LogP contribution in [0.15, 0.2) is 54.6 Å². The molecule has 3 aromatic rings. The molecule has 0 radical (unpaired) electrons. The van der Waals surface area contributed by atoms with Crippen molar-refractivity contribution in [3.63, 3.8) is 0 Å². The first-order valence-corrected chi connectivity index (χ1v) is 9.81. The minimum atomic E-state index is 0.107. The van der Waals surface area contributed by atoms with E-state index in [0.29, 0.717) is 12.6 Å². The highest BCUT2D eigenvalue weighted by Crippen LogP contribution is 2.19. The Balaban J connectivity index is 1.55. The van der Waals surface area contributed by atoms with Gasteiger partial charge >= 0.3 is 0 Å². The van der Waals surface area contributed by atoms with Crippen LogP contribution in [-0.4, -0.2) is 46.5 Å². The van der Waals surface area contributed by atoms with E-state index in [0.717, 1.165) is 48.5 Å². The molecule has 1 N–H and O–H groups in total. The molecule has 1 aromatic heterocycles. The van der Waals surface area contributed by atoms with Crippen LogP contribution in [0.25, 0.3) is 11.0 Å². The van der Waals surface area contributed by atoms with Crippen LogP contribution in [0.4, 0.5) is 0 Å². The summed E-state index contributed by atoms with van der Waals surface area (Å²) in [6.07, 6.45) is 1.99. The van der Waals surface area contributed by atoms with Crippen molar-refractivity contribution in [2.75, 3.05) is 20.1 Å². The molecule has 146 valence electrons. The Labute approximate surface area is 165 Å². The number of rotatable bonds is 6. The molecule has 1 fully saturated rings. The fourth-order valence-corrected chi connectivity index (χ4v) is 3.72. The second-order valence-corrected chi connectivity index (χ2v) is 7.19. The van der Waals surface area contributed by atoms with E-state index < -0.39 is 0 Å². The van der Waals surface area contributed by atoms with Crippen LogP contribution in [0.5, 0.6) is 5.75 Å². The van der Waals surface area contributed by atoms with Crippen LogP contribution >= 0.6 is 0 Å². The molecule has 0 atom stereocenters. The summed E-state index contributed by atoms with van der Waals surface area (Å²) in [5, 5.41) is 3.35. The number of nitrogens with one attached hydrogen (secondary N) is 1. The van der Waals surface area contributed by atoms with Crippen molar-refractivity contribution >= 4 is 16.9 Å². The number of benzene rings is 2. The zero-order chi connectivity index (χ0) is 19.3. The Kier molecular flexibility index (Phi) is 5.58. The number of nitrogens with zero attached hydrogens (tertiary/aromatic N) is 3. The first-order chi connectivity index (χ1) is 13.7. The molecule has 0 saturated carbocycles.